The van der Waals surface area contributed by atoms with Gasteiger partial charge < -0.3 is 10.1 Å². The van der Waals surface area contributed by atoms with Crippen LogP contribution in [-0.4, -0.2) is 29.6 Å². The molecule has 1 fully saturated rings. The highest BCUT2D eigenvalue weighted by molar-refractivity contribution is 5.90. The van der Waals surface area contributed by atoms with Gasteiger partial charge in [-0.25, -0.2) is 14.8 Å². The number of ether oxygens (including phenoxy) is 1. The summed E-state index contributed by atoms with van der Waals surface area (Å²) in [6.07, 6.45) is 4.83. The van der Waals surface area contributed by atoms with Gasteiger partial charge in [0.25, 0.3) is 0 Å². The van der Waals surface area contributed by atoms with Crippen molar-refractivity contribution in [2.75, 3.05) is 13.7 Å². The number of aromatic nitrogens is 2. The molecule has 5 heteroatoms. The van der Waals surface area contributed by atoms with E-state index in [4.69, 9.17) is 4.74 Å². The van der Waals surface area contributed by atoms with Gasteiger partial charge in [-0.15, -0.1) is 0 Å². The first-order valence-corrected chi connectivity index (χ1v) is 7.53. The molecule has 22 heavy (non-hydrogen) atoms. The molecule has 0 spiro atoms. The van der Waals surface area contributed by atoms with Gasteiger partial charge in [-0.3, -0.25) is 0 Å². The number of piperidine rings is 1. The maximum atomic E-state index is 12.0. The van der Waals surface area contributed by atoms with Gasteiger partial charge in [-0.1, -0.05) is 36.8 Å². The second-order valence-electron chi connectivity index (χ2n) is 5.35. The van der Waals surface area contributed by atoms with E-state index in [0.29, 0.717) is 11.4 Å². The van der Waals surface area contributed by atoms with Crippen LogP contribution in [-0.2, 0) is 4.74 Å². The number of benzene rings is 1. The van der Waals surface area contributed by atoms with Crippen molar-refractivity contribution in [1.29, 1.82) is 0 Å². The molecule has 0 amide bonds. The molecule has 0 aliphatic carbocycles. The van der Waals surface area contributed by atoms with Gasteiger partial charge in [0.05, 0.1) is 18.8 Å². The Morgan fingerprint density at radius 2 is 2.09 bits per heavy atom. The van der Waals surface area contributed by atoms with Crippen molar-refractivity contribution in [2.45, 2.75) is 25.3 Å². The summed E-state index contributed by atoms with van der Waals surface area (Å²) in [5, 5.41) is 3.44. The van der Waals surface area contributed by atoms with Crippen molar-refractivity contribution in [2.24, 2.45) is 0 Å². The molecule has 2 heterocycles. The summed E-state index contributed by atoms with van der Waals surface area (Å²) in [4.78, 5) is 21.0. The van der Waals surface area contributed by atoms with Crippen LogP contribution in [0.4, 0.5) is 0 Å². The minimum absolute atomic E-state index is 0.0771. The topological polar surface area (TPSA) is 64.1 Å². The van der Waals surface area contributed by atoms with Gasteiger partial charge in [-0.2, -0.15) is 0 Å². The van der Waals surface area contributed by atoms with Gasteiger partial charge in [0, 0.05) is 11.8 Å². The van der Waals surface area contributed by atoms with E-state index in [1.165, 1.54) is 7.11 Å². The fraction of sp³-hybridized carbons (Fsp3) is 0.353. The molecular weight excluding hydrogens is 278 g/mol. The molecule has 5 nitrogen and oxygen atoms in total. The maximum Gasteiger partial charge on any atom is 0.341 e. The monoisotopic (exact) mass is 297 g/mol. The Kier molecular flexibility index (Phi) is 4.44. The number of hydrogen-bond acceptors (Lipinski definition) is 5. The molecule has 0 bridgehead atoms. The second kappa shape index (κ2) is 6.66. The molecular formula is C17H19N3O2. The zero-order valence-corrected chi connectivity index (χ0v) is 12.6. The smallest absolute Gasteiger partial charge is 0.341 e. The van der Waals surface area contributed by atoms with E-state index >= 15 is 0 Å². The lowest BCUT2D eigenvalue weighted by Gasteiger charge is -2.24. The highest BCUT2D eigenvalue weighted by Gasteiger charge is 2.24. The van der Waals surface area contributed by atoms with Crippen LogP contribution in [0.5, 0.6) is 0 Å². The summed E-state index contributed by atoms with van der Waals surface area (Å²) < 4.78 is 4.87. The number of nitrogens with zero attached hydrogens (tertiary/aromatic N) is 2. The molecule has 0 radical (unpaired) electrons. The summed E-state index contributed by atoms with van der Waals surface area (Å²) >= 11 is 0. The van der Waals surface area contributed by atoms with Crippen LogP contribution in [0.3, 0.4) is 0 Å². The highest BCUT2D eigenvalue weighted by Crippen LogP contribution is 2.26. The minimum atomic E-state index is -0.387. The minimum Gasteiger partial charge on any atom is -0.465 e. The number of carbonyl (C=O) groups excluding carboxylic acids is 1. The quantitative estimate of drug-likeness (QED) is 0.883. The summed E-state index contributed by atoms with van der Waals surface area (Å²) in [7, 11) is 1.38. The first-order valence-electron chi connectivity index (χ1n) is 7.53. The van der Waals surface area contributed by atoms with Gasteiger partial charge >= 0.3 is 5.97 Å². The van der Waals surface area contributed by atoms with E-state index in [9.17, 15) is 4.79 Å². The molecule has 3 rings (SSSR count). The van der Waals surface area contributed by atoms with Gasteiger partial charge in [0.2, 0.25) is 0 Å². The third-order valence-corrected chi connectivity index (χ3v) is 3.90. The SMILES string of the molecule is COC(=O)c1cnc(-c2ccccc2)nc1C1CCCCN1. The number of rotatable bonds is 3. The molecule has 1 aliphatic heterocycles. The van der Waals surface area contributed by atoms with Crippen molar-refractivity contribution >= 4 is 5.97 Å². The van der Waals surface area contributed by atoms with E-state index in [2.05, 4.69) is 15.3 Å². The van der Waals surface area contributed by atoms with E-state index in [0.717, 1.165) is 37.1 Å². The average Bonchev–Trinajstić information content (AvgIpc) is 2.62. The number of esters is 1. The van der Waals surface area contributed by atoms with E-state index in [1.807, 2.05) is 30.3 Å². The Bertz CT molecular complexity index is 652. The lowest BCUT2D eigenvalue weighted by Crippen LogP contribution is -2.29. The van der Waals surface area contributed by atoms with Crippen molar-refractivity contribution in [1.82, 2.24) is 15.3 Å². The summed E-state index contributed by atoms with van der Waals surface area (Å²) in [6.45, 7) is 0.940. The standard InChI is InChI=1S/C17H19N3O2/c1-22-17(21)13-11-19-16(12-7-3-2-4-8-12)20-15(13)14-9-5-6-10-18-14/h2-4,7-8,11,14,18H,5-6,9-10H2,1H3. The predicted octanol–water partition coefficient (Wildman–Crippen LogP) is 2.74. The Morgan fingerprint density at radius 1 is 1.27 bits per heavy atom. The van der Waals surface area contributed by atoms with Crippen LogP contribution in [0.25, 0.3) is 11.4 Å². The molecule has 1 atom stereocenters. The normalized spacial score (nSPS) is 18.0. The average molecular weight is 297 g/mol. The van der Waals surface area contributed by atoms with Crippen molar-refractivity contribution < 1.29 is 9.53 Å². The first kappa shape index (κ1) is 14.7. The number of nitrogens with one attached hydrogen (secondary N) is 1. The molecule has 2 aromatic rings. The van der Waals surface area contributed by atoms with Crippen molar-refractivity contribution in [3.05, 3.63) is 47.8 Å². The first-order chi connectivity index (χ1) is 10.8. The Morgan fingerprint density at radius 3 is 2.77 bits per heavy atom. The number of methoxy groups -OCH3 is 1. The molecule has 1 N–H and O–H groups in total. The number of hydrogen-bond donors (Lipinski definition) is 1. The van der Waals surface area contributed by atoms with Crippen LogP contribution >= 0.6 is 0 Å². The predicted molar refractivity (Wildman–Crippen MR) is 83.4 cm³/mol. The van der Waals surface area contributed by atoms with Gasteiger partial charge in [0.1, 0.15) is 5.56 Å². The molecule has 0 saturated carbocycles. The fourth-order valence-corrected chi connectivity index (χ4v) is 2.74. The summed E-state index contributed by atoms with van der Waals surface area (Å²) in [5.41, 5.74) is 2.12. The summed E-state index contributed by atoms with van der Waals surface area (Å²) in [6, 6.07) is 9.86. The van der Waals surface area contributed by atoms with Crippen molar-refractivity contribution in [3.63, 3.8) is 0 Å². The zero-order chi connectivity index (χ0) is 15.4. The van der Waals surface area contributed by atoms with E-state index in [-0.39, 0.29) is 12.0 Å². The Hall–Kier alpha value is -2.27. The molecule has 1 saturated heterocycles. The maximum absolute atomic E-state index is 12.0. The number of carbonyl (C=O) groups is 1. The summed E-state index contributed by atoms with van der Waals surface area (Å²) in [5.74, 6) is 0.248. The zero-order valence-electron chi connectivity index (χ0n) is 12.6. The van der Waals surface area contributed by atoms with Crippen molar-refractivity contribution in [3.8, 4) is 11.4 Å². The second-order valence-corrected chi connectivity index (χ2v) is 5.35. The molecule has 1 aromatic carbocycles. The van der Waals surface area contributed by atoms with Crippen LogP contribution in [0.15, 0.2) is 36.5 Å². The fourth-order valence-electron chi connectivity index (χ4n) is 2.74. The van der Waals surface area contributed by atoms with Crippen LogP contribution in [0.1, 0.15) is 41.4 Å². The lowest BCUT2D eigenvalue weighted by molar-refractivity contribution is 0.0597. The van der Waals surface area contributed by atoms with Crippen LogP contribution in [0, 0.1) is 0 Å². The largest absolute Gasteiger partial charge is 0.465 e. The highest BCUT2D eigenvalue weighted by atomic mass is 16.5. The van der Waals surface area contributed by atoms with E-state index in [1.54, 1.807) is 6.20 Å². The molecule has 114 valence electrons. The molecule has 1 aliphatic rings. The third kappa shape index (κ3) is 2.99. The van der Waals surface area contributed by atoms with Crippen LogP contribution in [0.2, 0.25) is 0 Å². The van der Waals surface area contributed by atoms with Gasteiger partial charge in [-0.05, 0) is 19.4 Å². The molecule has 1 unspecified atom stereocenters. The Balaban J connectivity index is 2.03. The van der Waals surface area contributed by atoms with E-state index < -0.39 is 0 Å². The molecule has 1 aromatic heterocycles. The Labute approximate surface area is 129 Å². The van der Waals surface area contributed by atoms with Gasteiger partial charge in [0.15, 0.2) is 5.82 Å². The third-order valence-electron chi connectivity index (χ3n) is 3.90. The lowest BCUT2D eigenvalue weighted by atomic mass is 9.98. The van der Waals surface area contributed by atoms with Crippen LogP contribution < -0.4 is 5.32 Å².